The lowest BCUT2D eigenvalue weighted by molar-refractivity contribution is -0.254. The summed E-state index contributed by atoms with van der Waals surface area (Å²) in [6.07, 6.45) is 3.68. The van der Waals surface area contributed by atoms with Crippen LogP contribution in [-0.2, 0) is 14.5 Å². The first-order valence-corrected chi connectivity index (χ1v) is 4.38. The van der Waals surface area contributed by atoms with Gasteiger partial charge >= 0.3 is 6.16 Å². The van der Waals surface area contributed by atoms with Crippen molar-refractivity contribution < 1.29 is 19.3 Å². The van der Waals surface area contributed by atoms with Crippen LogP contribution in [0.25, 0.3) is 0 Å². The standard InChI is InChI=1S/C9H16O4/c1-3-5-6-8-12-13-9(10)11-7-4-2/h4H,2-3,5-8H2,1H3. The smallest absolute Gasteiger partial charge is 0.428 e. The number of carbonyl (C=O) groups excluding carboxylic acids is 1. The second-order valence-corrected chi connectivity index (χ2v) is 2.46. The molecule has 0 saturated heterocycles. The molecule has 0 spiro atoms. The molecule has 0 radical (unpaired) electrons. The van der Waals surface area contributed by atoms with Crippen molar-refractivity contribution in [1.82, 2.24) is 0 Å². The van der Waals surface area contributed by atoms with Crippen LogP contribution in [0.3, 0.4) is 0 Å². The molecule has 4 heteroatoms. The minimum Gasteiger partial charge on any atom is -0.428 e. The van der Waals surface area contributed by atoms with Gasteiger partial charge in [-0.3, -0.25) is 4.89 Å². The largest absolute Gasteiger partial charge is 0.540 e. The molecule has 0 aromatic carbocycles. The maximum atomic E-state index is 10.6. The fourth-order valence-electron chi connectivity index (χ4n) is 0.652. The number of ether oxygens (including phenoxy) is 1. The van der Waals surface area contributed by atoms with Crippen molar-refractivity contribution in [2.24, 2.45) is 0 Å². The van der Waals surface area contributed by atoms with Gasteiger partial charge in [0, 0.05) is 0 Å². The van der Waals surface area contributed by atoms with E-state index in [0.29, 0.717) is 6.61 Å². The van der Waals surface area contributed by atoms with E-state index >= 15 is 0 Å². The van der Waals surface area contributed by atoms with Crippen LogP contribution in [0.5, 0.6) is 0 Å². The van der Waals surface area contributed by atoms with Crippen LogP contribution in [0, 0.1) is 0 Å². The molecular formula is C9H16O4. The molecule has 76 valence electrons. The second kappa shape index (κ2) is 9.06. The molecule has 0 aliphatic heterocycles. The van der Waals surface area contributed by atoms with E-state index in [0.717, 1.165) is 19.3 Å². The number of carbonyl (C=O) groups is 1. The summed E-state index contributed by atoms with van der Waals surface area (Å²) in [4.78, 5) is 19.5. The van der Waals surface area contributed by atoms with Gasteiger partial charge in [-0.2, -0.15) is 4.89 Å². The summed E-state index contributed by atoms with van der Waals surface area (Å²) in [7, 11) is 0. The first kappa shape index (κ1) is 12.0. The molecule has 13 heavy (non-hydrogen) atoms. The molecule has 0 N–H and O–H groups in total. The first-order chi connectivity index (χ1) is 6.31. The average Bonchev–Trinajstić information content (AvgIpc) is 2.14. The lowest BCUT2D eigenvalue weighted by atomic mass is 10.3. The molecule has 0 heterocycles. The van der Waals surface area contributed by atoms with Gasteiger partial charge in [0.25, 0.3) is 0 Å². The summed E-state index contributed by atoms with van der Waals surface area (Å²) in [5, 5.41) is 0. The van der Waals surface area contributed by atoms with Crippen LogP contribution in [0.4, 0.5) is 4.79 Å². The fraction of sp³-hybridized carbons (Fsp3) is 0.667. The SMILES string of the molecule is C=CCOC(=O)OOCCCCC. The second-order valence-electron chi connectivity index (χ2n) is 2.46. The summed E-state index contributed by atoms with van der Waals surface area (Å²) in [5.41, 5.74) is 0. The topological polar surface area (TPSA) is 44.8 Å². The minimum atomic E-state index is -0.823. The van der Waals surface area contributed by atoms with E-state index in [1.165, 1.54) is 6.08 Å². The third kappa shape index (κ3) is 8.88. The number of hydrogen-bond donors (Lipinski definition) is 0. The molecule has 0 rings (SSSR count). The molecule has 0 aromatic heterocycles. The van der Waals surface area contributed by atoms with E-state index in [1.54, 1.807) is 0 Å². The maximum Gasteiger partial charge on any atom is 0.540 e. The highest BCUT2D eigenvalue weighted by atomic mass is 17.2. The van der Waals surface area contributed by atoms with Gasteiger partial charge in [0.05, 0.1) is 6.61 Å². The quantitative estimate of drug-likeness (QED) is 0.202. The molecular weight excluding hydrogens is 172 g/mol. The lowest BCUT2D eigenvalue weighted by Crippen LogP contribution is -2.08. The Bertz CT molecular complexity index is 145. The third-order valence-electron chi connectivity index (χ3n) is 1.28. The molecule has 0 bridgehead atoms. The van der Waals surface area contributed by atoms with E-state index in [2.05, 4.69) is 28.0 Å². The van der Waals surface area contributed by atoms with Crippen LogP contribution < -0.4 is 0 Å². The zero-order valence-corrected chi connectivity index (χ0v) is 7.95. The van der Waals surface area contributed by atoms with Crippen LogP contribution in [0.1, 0.15) is 26.2 Å². The number of rotatable bonds is 7. The van der Waals surface area contributed by atoms with Gasteiger partial charge in [-0.1, -0.05) is 32.4 Å². The van der Waals surface area contributed by atoms with Gasteiger partial charge in [0.1, 0.15) is 6.61 Å². The van der Waals surface area contributed by atoms with Crippen LogP contribution in [0.15, 0.2) is 12.7 Å². The van der Waals surface area contributed by atoms with Gasteiger partial charge in [0.2, 0.25) is 0 Å². The predicted molar refractivity (Wildman–Crippen MR) is 48.1 cm³/mol. The van der Waals surface area contributed by atoms with E-state index in [4.69, 9.17) is 0 Å². The molecule has 0 unspecified atom stereocenters. The summed E-state index contributed by atoms with van der Waals surface area (Å²) >= 11 is 0. The van der Waals surface area contributed by atoms with Crippen molar-refractivity contribution in [3.05, 3.63) is 12.7 Å². The molecule has 0 aliphatic rings. The molecule has 0 fully saturated rings. The highest BCUT2D eigenvalue weighted by Gasteiger charge is 2.02. The van der Waals surface area contributed by atoms with Crippen molar-refractivity contribution in [3.8, 4) is 0 Å². The van der Waals surface area contributed by atoms with Crippen LogP contribution in [0.2, 0.25) is 0 Å². The summed E-state index contributed by atoms with van der Waals surface area (Å²) in [6.45, 7) is 6.01. The van der Waals surface area contributed by atoms with E-state index in [9.17, 15) is 4.79 Å². The Morgan fingerprint density at radius 3 is 2.85 bits per heavy atom. The van der Waals surface area contributed by atoms with Crippen molar-refractivity contribution in [2.45, 2.75) is 26.2 Å². The van der Waals surface area contributed by atoms with Gasteiger partial charge in [0.15, 0.2) is 0 Å². The van der Waals surface area contributed by atoms with E-state index in [1.807, 2.05) is 0 Å². The van der Waals surface area contributed by atoms with E-state index < -0.39 is 6.16 Å². The summed E-state index contributed by atoms with van der Waals surface area (Å²) in [6, 6.07) is 0. The highest BCUT2D eigenvalue weighted by Crippen LogP contribution is 1.95. The van der Waals surface area contributed by atoms with Crippen molar-refractivity contribution in [3.63, 3.8) is 0 Å². The highest BCUT2D eigenvalue weighted by molar-refractivity contribution is 5.59. The van der Waals surface area contributed by atoms with Crippen molar-refractivity contribution in [2.75, 3.05) is 13.2 Å². The molecule has 0 aromatic rings. The average molecular weight is 188 g/mol. The van der Waals surface area contributed by atoms with Gasteiger partial charge < -0.3 is 4.74 Å². The monoisotopic (exact) mass is 188 g/mol. The summed E-state index contributed by atoms with van der Waals surface area (Å²) < 4.78 is 4.49. The molecule has 0 atom stereocenters. The molecule has 0 saturated carbocycles. The zero-order chi connectivity index (χ0) is 9.94. The van der Waals surface area contributed by atoms with Crippen molar-refractivity contribution >= 4 is 6.16 Å². The summed E-state index contributed by atoms with van der Waals surface area (Å²) in [5.74, 6) is 0. The van der Waals surface area contributed by atoms with Crippen LogP contribution in [-0.4, -0.2) is 19.4 Å². The van der Waals surface area contributed by atoms with E-state index in [-0.39, 0.29) is 6.61 Å². The Kier molecular flexibility index (Phi) is 8.34. The number of unbranched alkanes of at least 4 members (excludes halogenated alkanes) is 2. The predicted octanol–water partition coefficient (Wildman–Crippen LogP) is 2.45. The Morgan fingerprint density at radius 1 is 1.46 bits per heavy atom. The zero-order valence-electron chi connectivity index (χ0n) is 7.95. The molecule has 0 amide bonds. The minimum absolute atomic E-state index is 0.136. The van der Waals surface area contributed by atoms with Crippen molar-refractivity contribution in [1.29, 1.82) is 0 Å². The number of hydrogen-bond acceptors (Lipinski definition) is 4. The first-order valence-electron chi connectivity index (χ1n) is 4.38. The Balaban J connectivity index is 3.12. The lowest BCUT2D eigenvalue weighted by Gasteiger charge is -2.02. The van der Waals surface area contributed by atoms with Gasteiger partial charge in [-0.15, -0.1) is 0 Å². The third-order valence-corrected chi connectivity index (χ3v) is 1.28. The Morgan fingerprint density at radius 2 is 2.23 bits per heavy atom. The molecule has 4 nitrogen and oxygen atoms in total. The van der Waals surface area contributed by atoms with Crippen LogP contribution >= 0.6 is 0 Å². The fourth-order valence-corrected chi connectivity index (χ4v) is 0.652. The molecule has 0 aliphatic carbocycles. The van der Waals surface area contributed by atoms with Gasteiger partial charge in [-0.05, 0) is 6.42 Å². The normalized spacial score (nSPS) is 9.31. The Hall–Kier alpha value is -1.03. The maximum absolute atomic E-state index is 10.6. The Labute approximate surface area is 78.4 Å². The van der Waals surface area contributed by atoms with Gasteiger partial charge in [-0.25, -0.2) is 4.79 Å².